The van der Waals surface area contributed by atoms with Crippen molar-refractivity contribution in [3.8, 4) is 0 Å². The van der Waals surface area contributed by atoms with Gasteiger partial charge in [0.2, 0.25) is 5.91 Å². The van der Waals surface area contributed by atoms with E-state index < -0.39 is 39.8 Å². The molecule has 1 N–H and O–H groups in total. The van der Waals surface area contributed by atoms with Crippen molar-refractivity contribution >= 4 is 33.3 Å². The Morgan fingerprint density at radius 2 is 1.97 bits per heavy atom. The molecule has 0 radical (unpaired) electrons. The van der Waals surface area contributed by atoms with Gasteiger partial charge in [0.05, 0.1) is 17.4 Å². The first-order valence-electron chi connectivity index (χ1n) is 9.79. The molecular formula is C20H26N2O6S. The van der Waals surface area contributed by atoms with Gasteiger partial charge in [-0.3, -0.25) is 14.4 Å². The van der Waals surface area contributed by atoms with Crippen LogP contribution in [0.5, 0.6) is 0 Å². The maximum Gasteiger partial charge on any atom is 0.312 e. The minimum absolute atomic E-state index is 0.0313. The number of nitrogens with zero attached hydrogens (tertiary/aromatic N) is 1. The number of rotatable bonds is 6. The van der Waals surface area contributed by atoms with E-state index in [1.165, 1.54) is 6.92 Å². The molecule has 0 saturated carbocycles. The van der Waals surface area contributed by atoms with E-state index in [1.54, 1.807) is 4.90 Å². The fourth-order valence-corrected chi connectivity index (χ4v) is 5.25. The number of amides is 2. The Labute approximate surface area is 170 Å². The molecule has 29 heavy (non-hydrogen) atoms. The lowest BCUT2D eigenvalue weighted by Gasteiger charge is -2.19. The molecule has 1 aromatic carbocycles. The summed E-state index contributed by atoms with van der Waals surface area (Å²) in [4.78, 5) is 38.5. The first kappa shape index (κ1) is 21.3. The third kappa shape index (κ3) is 5.14. The van der Waals surface area contributed by atoms with Crippen molar-refractivity contribution < 1.29 is 27.5 Å². The average molecular weight is 423 g/mol. The molecule has 1 aromatic rings. The van der Waals surface area contributed by atoms with Gasteiger partial charge >= 0.3 is 5.97 Å². The van der Waals surface area contributed by atoms with Crippen LogP contribution in [0.25, 0.3) is 0 Å². The Morgan fingerprint density at radius 1 is 1.28 bits per heavy atom. The summed E-state index contributed by atoms with van der Waals surface area (Å²) in [7, 11) is -3.11. The number of carbonyl (C=O) groups excluding carboxylic acids is 3. The first-order chi connectivity index (χ1) is 13.7. The highest BCUT2D eigenvalue weighted by Crippen LogP contribution is 2.26. The largest absolute Gasteiger partial charge is 0.452 e. The highest BCUT2D eigenvalue weighted by Gasteiger charge is 2.38. The van der Waals surface area contributed by atoms with E-state index in [0.29, 0.717) is 6.42 Å². The molecule has 2 fully saturated rings. The quantitative estimate of drug-likeness (QED) is 0.680. The van der Waals surface area contributed by atoms with Crippen LogP contribution in [0.15, 0.2) is 24.3 Å². The van der Waals surface area contributed by atoms with E-state index in [4.69, 9.17) is 4.74 Å². The van der Waals surface area contributed by atoms with Crippen LogP contribution in [0.4, 0.5) is 5.69 Å². The lowest BCUT2D eigenvalue weighted by molar-refractivity contribution is -0.158. The number of nitrogens with one attached hydrogen (secondary N) is 1. The summed E-state index contributed by atoms with van der Waals surface area (Å²) in [6.07, 6.45) is 0.232. The Kier molecular flexibility index (Phi) is 6.26. The molecule has 3 atom stereocenters. The van der Waals surface area contributed by atoms with Gasteiger partial charge in [0.25, 0.3) is 5.91 Å². The number of carbonyl (C=O) groups is 3. The fraction of sp³-hybridized carbons (Fsp3) is 0.550. The van der Waals surface area contributed by atoms with Crippen LogP contribution in [0.3, 0.4) is 0 Å². The van der Waals surface area contributed by atoms with Crippen molar-refractivity contribution in [1.82, 2.24) is 5.32 Å². The van der Waals surface area contributed by atoms with Crippen LogP contribution < -0.4 is 10.2 Å². The summed E-state index contributed by atoms with van der Waals surface area (Å²) in [5.41, 5.74) is 1.89. The number of benzene rings is 1. The molecule has 158 valence electrons. The number of sulfone groups is 1. The molecule has 0 unspecified atom stereocenters. The van der Waals surface area contributed by atoms with E-state index in [1.807, 2.05) is 31.2 Å². The van der Waals surface area contributed by atoms with Crippen molar-refractivity contribution in [2.75, 3.05) is 23.0 Å². The van der Waals surface area contributed by atoms with Crippen molar-refractivity contribution in [2.45, 2.75) is 45.3 Å². The Balaban J connectivity index is 1.53. The highest BCUT2D eigenvalue weighted by atomic mass is 32.2. The second-order valence-corrected chi connectivity index (χ2v) is 9.84. The standard InChI is InChI=1S/C20H26N2O6S/c1-3-14-4-6-17(7-5-14)22-11-15(10-18(22)23)20(25)28-13(2)19(24)21-16-8-9-29(26,27)12-16/h4-7,13,15-16H,3,8-12H2,1-2H3,(H,21,24)/t13-,15-,16-/m1/s1. The Bertz CT molecular complexity index is 896. The maximum atomic E-state index is 12.4. The zero-order valence-corrected chi connectivity index (χ0v) is 17.4. The lowest BCUT2D eigenvalue weighted by atomic mass is 10.1. The predicted octanol–water partition coefficient (Wildman–Crippen LogP) is 0.837. The fourth-order valence-electron chi connectivity index (χ4n) is 3.58. The number of ether oxygens (including phenoxy) is 1. The van der Waals surface area contributed by atoms with Gasteiger partial charge in [0.15, 0.2) is 15.9 Å². The van der Waals surface area contributed by atoms with E-state index in [-0.39, 0.29) is 30.4 Å². The van der Waals surface area contributed by atoms with Gasteiger partial charge in [0, 0.05) is 24.7 Å². The summed E-state index contributed by atoms with van der Waals surface area (Å²) >= 11 is 0. The van der Waals surface area contributed by atoms with Crippen LogP contribution in [0.2, 0.25) is 0 Å². The molecule has 2 saturated heterocycles. The number of aryl methyl sites for hydroxylation is 1. The molecule has 0 aliphatic carbocycles. The van der Waals surface area contributed by atoms with Crippen molar-refractivity contribution in [3.05, 3.63) is 29.8 Å². The van der Waals surface area contributed by atoms with E-state index in [0.717, 1.165) is 17.7 Å². The molecule has 2 aliphatic heterocycles. The van der Waals surface area contributed by atoms with Gasteiger partial charge in [-0.25, -0.2) is 8.42 Å². The van der Waals surface area contributed by atoms with Gasteiger partial charge in [0.1, 0.15) is 0 Å². The van der Waals surface area contributed by atoms with Crippen molar-refractivity contribution in [2.24, 2.45) is 5.92 Å². The Hall–Kier alpha value is -2.42. The van der Waals surface area contributed by atoms with Gasteiger partial charge in [-0.1, -0.05) is 19.1 Å². The third-order valence-electron chi connectivity index (χ3n) is 5.36. The van der Waals surface area contributed by atoms with Crippen molar-refractivity contribution in [1.29, 1.82) is 0 Å². The SMILES string of the molecule is CCc1ccc(N2C[C@H](C(=O)O[C@H](C)C(=O)N[C@@H]3CCS(=O)(=O)C3)CC2=O)cc1. The van der Waals surface area contributed by atoms with Crippen LogP contribution >= 0.6 is 0 Å². The second kappa shape index (κ2) is 8.52. The third-order valence-corrected chi connectivity index (χ3v) is 7.12. The van der Waals surface area contributed by atoms with Crippen molar-refractivity contribution in [3.63, 3.8) is 0 Å². The number of hydrogen-bond acceptors (Lipinski definition) is 6. The zero-order chi connectivity index (χ0) is 21.2. The summed E-state index contributed by atoms with van der Waals surface area (Å²) < 4.78 is 28.2. The van der Waals surface area contributed by atoms with Gasteiger partial charge in [-0.2, -0.15) is 0 Å². The van der Waals surface area contributed by atoms with E-state index in [9.17, 15) is 22.8 Å². The number of esters is 1. The first-order valence-corrected chi connectivity index (χ1v) is 11.6. The van der Waals surface area contributed by atoms with Gasteiger partial charge < -0.3 is 15.0 Å². The van der Waals surface area contributed by atoms with E-state index in [2.05, 4.69) is 5.32 Å². The van der Waals surface area contributed by atoms with E-state index >= 15 is 0 Å². The minimum Gasteiger partial charge on any atom is -0.452 e. The molecule has 0 spiro atoms. The number of hydrogen-bond donors (Lipinski definition) is 1. The lowest BCUT2D eigenvalue weighted by Crippen LogP contribution is -2.43. The second-order valence-electron chi connectivity index (χ2n) is 7.61. The monoisotopic (exact) mass is 422 g/mol. The van der Waals surface area contributed by atoms with Gasteiger partial charge in [-0.05, 0) is 37.5 Å². The molecule has 2 heterocycles. The smallest absolute Gasteiger partial charge is 0.312 e. The average Bonchev–Trinajstić information content (AvgIpc) is 3.23. The van der Waals surface area contributed by atoms with Crippen LogP contribution in [-0.4, -0.2) is 56.4 Å². The molecule has 0 aromatic heterocycles. The van der Waals surface area contributed by atoms with Crippen LogP contribution in [-0.2, 0) is 35.4 Å². The Morgan fingerprint density at radius 3 is 2.55 bits per heavy atom. The summed E-state index contributed by atoms with van der Waals surface area (Å²) in [5.74, 6) is -1.99. The summed E-state index contributed by atoms with van der Waals surface area (Å²) in [5, 5.41) is 2.61. The zero-order valence-electron chi connectivity index (χ0n) is 16.6. The normalized spacial score (nSPS) is 24.3. The molecule has 9 heteroatoms. The van der Waals surface area contributed by atoms with Crippen LogP contribution in [0.1, 0.15) is 32.3 Å². The molecular weight excluding hydrogens is 396 g/mol. The predicted molar refractivity (Wildman–Crippen MR) is 107 cm³/mol. The summed E-state index contributed by atoms with van der Waals surface area (Å²) in [6, 6.07) is 7.16. The van der Waals surface area contributed by atoms with Crippen LogP contribution in [0, 0.1) is 5.92 Å². The maximum absolute atomic E-state index is 12.4. The summed E-state index contributed by atoms with van der Waals surface area (Å²) in [6.45, 7) is 3.69. The molecule has 0 bridgehead atoms. The number of anilines is 1. The molecule has 8 nitrogen and oxygen atoms in total. The molecule has 3 rings (SSSR count). The van der Waals surface area contributed by atoms with Gasteiger partial charge in [-0.15, -0.1) is 0 Å². The topological polar surface area (TPSA) is 110 Å². The molecule has 2 aliphatic rings. The highest BCUT2D eigenvalue weighted by molar-refractivity contribution is 7.91. The molecule has 2 amide bonds. The minimum atomic E-state index is -3.11.